The van der Waals surface area contributed by atoms with Gasteiger partial charge in [-0.15, -0.1) is 10.2 Å². The highest BCUT2D eigenvalue weighted by molar-refractivity contribution is 8.00. The second kappa shape index (κ2) is 13.7. The van der Waals surface area contributed by atoms with E-state index in [9.17, 15) is 19.1 Å². The summed E-state index contributed by atoms with van der Waals surface area (Å²) < 4.78 is 19.9. The van der Waals surface area contributed by atoms with Crippen LogP contribution in [0.15, 0.2) is 131 Å². The molecule has 10 heteroatoms. The minimum atomic E-state index is -0.978. The number of thioether (sulfide) groups is 1. The molecule has 1 aliphatic rings. The zero-order valence-corrected chi connectivity index (χ0v) is 25.4. The Labute approximate surface area is 267 Å². The van der Waals surface area contributed by atoms with Gasteiger partial charge in [0.05, 0.1) is 11.6 Å². The number of aliphatic hydroxyl groups excluding tert-OH is 1. The number of hydrogen-bond acceptors (Lipinski definition) is 8. The smallest absolute Gasteiger partial charge is 0.296 e. The monoisotopic (exact) mass is 635 g/mol. The van der Waals surface area contributed by atoms with Crippen LogP contribution in [0.2, 0.25) is 0 Å². The zero-order chi connectivity index (χ0) is 31.2. The summed E-state index contributed by atoms with van der Waals surface area (Å²) in [6, 6.07) is 31.3. The molecule has 6 rings (SSSR count). The number of aromatic nitrogens is 2. The van der Waals surface area contributed by atoms with E-state index in [-0.39, 0.29) is 16.5 Å². The van der Waals surface area contributed by atoms with Crippen molar-refractivity contribution < 1.29 is 23.8 Å². The lowest BCUT2D eigenvalue weighted by Gasteiger charge is -2.24. The van der Waals surface area contributed by atoms with Gasteiger partial charge < -0.3 is 9.84 Å². The van der Waals surface area contributed by atoms with E-state index in [1.807, 2.05) is 60.7 Å². The summed E-state index contributed by atoms with van der Waals surface area (Å²) in [7, 11) is 0. The van der Waals surface area contributed by atoms with Gasteiger partial charge in [-0.2, -0.15) is 0 Å². The van der Waals surface area contributed by atoms with Crippen molar-refractivity contribution >= 4 is 46.0 Å². The number of hydrogen-bond donors (Lipinski definition) is 1. The Morgan fingerprint density at radius 1 is 0.933 bits per heavy atom. The molecular formula is C35H26FN3O4S2. The highest BCUT2D eigenvalue weighted by Crippen LogP contribution is 2.44. The van der Waals surface area contributed by atoms with Gasteiger partial charge >= 0.3 is 0 Å². The largest absolute Gasteiger partial charge is 0.503 e. The molecule has 0 spiro atoms. The molecule has 1 amide bonds. The van der Waals surface area contributed by atoms with Crippen LogP contribution in [0.4, 0.5) is 9.52 Å². The summed E-state index contributed by atoms with van der Waals surface area (Å²) >= 11 is 2.55. The molecule has 1 N–H and O–H groups in total. The first-order valence-corrected chi connectivity index (χ1v) is 15.8. The lowest BCUT2D eigenvalue weighted by Crippen LogP contribution is -2.30. The number of carbonyl (C=O) groups is 2. The van der Waals surface area contributed by atoms with E-state index in [1.165, 1.54) is 46.2 Å². The van der Waals surface area contributed by atoms with E-state index in [0.717, 1.165) is 16.7 Å². The van der Waals surface area contributed by atoms with Crippen molar-refractivity contribution in [2.75, 3.05) is 4.90 Å². The Balaban J connectivity index is 1.31. The third kappa shape index (κ3) is 7.03. The third-order valence-electron chi connectivity index (χ3n) is 7.00. The molecule has 0 saturated heterocycles. The van der Waals surface area contributed by atoms with Crippen molar-refractivity contribution in [3.05, 3.63) is 155 Å². The maximum atomic E-state index is 13.6. The first-order valence-electron chi connectivity index (χ1n) is 14.0. The minimum absolute atomic E-state index is 0.0666. The molecule has 0 radical (unpaired) electrons. The van der Waals surface area contributed by atoms with Crippen LogP contribution in [-0.2, 0) is 21.9 Å². The molecule has 1 atom stereocenters. The summed E-state index contributed by atoms with van der Waals surface area (Å²) in [6.07, 6.45) is 2.99. The van der Waals surface area contributed by atoms with E-state index in [4.69, 9.17) is 4.74 Å². The van der Waals surface area contributed by atoms with Crippen LogP contribution in [0.1, 0.15) is 28.3 Å². The summed E-state index contributed by atoms with van der Waals surface area (Å²) in [5.74, 6) is -1.17. The highest BCUT2D eigenvalue weighted by Gasteiger charge is 2.45. The van der Waals surface area contributed by atoms with Gasteiger partial charge in [-0.05, 0) is 52.6 Å². The van der Waals surface area contributed by atoms with E-state index in [0.29, 0.717) is 28.0 Å². The van der Waals surface area contributed by atoms with Crippen LogP contribution in [0.5, 0.6) is 5.75 Å². The van der Waals surface area contributed by atoms with Crippen LogP contribution < -0.4 is 9.64 Å². The van der Waals surface area contributed by atoms with Crippen molar-refractivity contribution in [3.63, 3.8) is 0 Å². The number of carbonyl (C=O) groups excluding carboxylic acids is 2. The Morgan fingerprint density at radius 3 is 2.42 bits per heavy atom. The predicted octanol–water partition coefficient (Wildman–Crippen LogP) is 7.73. The first kappa shape index (κ1) is 30.0. The number of benzene rings is 4. The fourth-order valence-corrected chi connectivity index (χ4v) is 6.62. The van der Waals surface area contributed by atoms with Crippen molar-refractivity contribution in [2.45, 2.75) is 22.7 Å². The summed E-state index contributed by atoms with van der Waals surface area (Å²) in [5, 5.41) is 19.9. The third-order valence-corrected chi connectivity index (χ3v) is 9.13. The average Bonchev–Trinajstić information content (AvgIpc) is 3.65. The molecule has 2 heterocycles. The molecule has 1 aromatic heterocycles. The minimum Gasteiger partial charge on any atom is -0.503 e. The summed E-state index contributed by atoms with van der Waals surface area (Å²) in [6.45, 7) is 0.329. The Bertz CT molecular complexity index is 1880. The molecule has 4 aromatic carbocycles. The maximum Gasteiger partial charge on any atom is 0.296 e. The fourth-order valence-electron chi connectivity index (χ4n) is 4.79. The predicted molar refractivity (Wildman–Crippen MR) is 173 cm³/mol. The lowest BCUT2D eigenvalue weighted by molar-refractivity contribution is -0.117. The first-order chi connectivity index (χ1) is 22.0. The lowest BCUT2D eigenvalue weighted by atomic mass is 9.95. The highest BCUT2D eigenvalue weighted by atomic mass is 32.2. The molecule has 0 saturated carbocycles. The van der Waals surface area contributed by atoms with Gasteiger partial charge in [-0.3, -0.25) is 14.5 Å². The van der Waals surface area contributed by atoms with Gasteiger partial charge in [0.15, 0.2) is 15.9 Å². The second-order valence-electron chi connectivity index (χ2n) is 10.1. The molecule has 1 aliphatic heterocycles. The summed E-state index contributed by atoms with van der Waals surface area (Å²) in [4.78, 5) is 28.5. The molecule has 224 valence electrons. The van der Waals surface area contributed by atoms with Crippen molar-refractivity contribution in [1.29, 1.82) is 0 Å². The second-order valence-corrected chi connectivity index (χ2v) is 12.2. The van der Waals surface area contributed by atoms with Crippen LogP contribution in [0.3, 0.4) is 0 Å². The number of rotatable bonds is 11. The van der Waals surface area contributed by atoms with Gasteiger partial charge in [0.25, 0.3) is 5.91 Å². The number of anilines is 1. The number of ether oxygens (including phenoxy) is 1. The molecule has 0 fully saturated rings. The molecule has 1 unspecified atom stereocenters. The van der Waals surface area contributed by atoms with Crippen LogP contribution >= 0.6 is 23.1 Å². The number of ketones is 1. The number of allylic oxidation sites excluding steroid dienone is 1. The quantitative estimate of drug-likeness (QED) is 0.0902. The van der Waals surface area contributed by atoms with Crippen molar-refractivity contribution in [3.8, 4) is 5.75 Å². The Kier molecular flexibility index (Phi) is 9.14. The fraction of sp³-hybridized carbons (Fsp3) is 0.0857. The average molecular weight is 636 g/mol. The van der Waals surface area contributed by atoms with Crippen molar-refractivity contribution in [1.82, 2.24) is 10.2 Å². The van der Waals surface area contributed by atoms with Gasteiger partial charge in [-0.25, -0.2) is 4.39 Å². The Morgan fingerprint density at radius 2 is 1.67 bits per heavy atom. The molecule has 0 bridgehead atoms. The molecule has 0 aliphatic carbocycles. The van der Waals surface area contributed by atoms with E-state index in [1.54, 1.807) is 42.5 Å². The number of amides is 1. The number of aliphatic hydroxyl groups is 1. The van der Waals surface area contributed by atoms with Crippen LogP contribution in [0.25, 0.3) is 6.08 Å². The topological polar surface area (TPSA) is 92.6 Å². The van der Waals surface area contributed by atoms with Gasteiger partial charge in [0.1, 0.15) is 18.2 Å². The molecule has 5 aromatic rings. The normalized spacial score (nSPS) is 14.8. The molecule has 45 heavy (non-hydrogen) atoms. The Hall–Kier alpha value is -5.06. The van der Waals surface area contributed by atoms with Crippen LogP contribution in [-0.4, -0.2) is 27.0 Å². The molecular weight excluding hydrogens is 610 g/mol. The van der Waals surface area contributed by atoms with Gasteiger partial charge in [-0.1, -0.05) is 114 Å². The van der Waals surface area contributed by atoms with E-state index >= 15 is 0 Å². The van der Waals surface area contributed by atoms with Gasteiger partial charge in [0, 0.05) is 5.75 Å². The summed E-state index contributed by atoms with van der Waals surface area (Å²) in [5.41, 5.74) is 3.18. The maximum absolute atomic E-state index is 13.6. The standard InChI is InChI=1S/C35H26FN3O4S2/c36-27-17-14-25(15-18-27)22-44-35-38-37-34(45-35)39-31(26-12-7-13-28(20-26)43-21-24-10-5-2-6-11-24)30(32(41)33(39)42)29(40)19-16-23-8-3-1-4-9-23/h1-20,31,41H,21-22H2/b19-16+. The van der Waals surface area contributed by atoms with Crippen LogP contribution in [0, 0.1) is 5.82 Å². The van der Waals surface area contributed by atoms with Gasteiger partial charge in [0.2, 0.25) is 5.13 Å². The van der Waals surface area contributed by atoms with Crippen molar-refractivity contribution in [2.24, 2.45) is 0 Å². The van der Waals surface area contributed by atoms with E-state index in [2.05, 4.69) is 10.2 Å². The number of nitrogens with zero attached hydrogens (tertiary/aromatic N) is 3. The zero-order valence-electron chi connectivity index (χ0n) is 23.7. The van der Waals surface area contributed by atoms with E-state index < -0.39 is 23.5 Å². The SMILES string of the molecule is O=C(/C=C/c1ccccc1)C1=C(O)C(=O)N(c2nnc(SCc3ccc(F)cc3)s2)C1c1cccc(OCc2ccccc2)c1. The molecule has 7 nitrogen and oxygen atoms in total. The number of halogens is 1.